The van der Waals surface area contributed by atoms with Crippen molar-refractivity contribution < 1.29 is 8.42 Å². The lowest BCUT2D eigenvalue weighted by atomic mass is 10.1. The Morgan fingerprint density at radius 1 is 0.778 bits per heavy atom. The zero-order valence-electron chi connectivity index (χ0n) is 19.4. The van der Waals surface area contributed by atoms with Crippen molar-refractivity contribution in [1.29, 1.82) is 0 Å². The molecule has 36 heavy (non-hydrogen) atoms. The molecule has 0 radical (unpaired) electrons. The van der Waals surface area contributed by atoms with Crippen molar-refractivity contribution in [1.82, 2.24) is 9.31 Å². The SMILES string of the molecule is Cc1ccc(S(=O)(=O)N2N=C(c3ccc(Cl)cc3)N(Cc3ccccc3)C2c2ccc(Cl)cc2)cc1. The molecular formula is C28H23Cl2N3O2S. The predicted molar refractivity (Wildman–Crippen MR) is 144 cm³/mol. The number of hydrazone groups is 1. The van der Waals surface area contributed by atoms with E-state index in [4.69, 9.17) is 28.3 Å². The van der Waals surface area contributed by atoms with E-state index >= 15 is 0 Å². The highest BCUT2D eigenvalue weighted by Crippen LogP contribution is 2.39. The van der Waals surface area contributed by atoms with Gasteiger partial charge < -0.3 is 4.90 Å². The topological polar surface area (TPSA) is 53.0 Å². The van der Waals surface area contributed by atoms with Gasteiger partial charge in [0, 0.05) is 22.2 Å². The van der Waals surface area contributed by atoms with Gasteiger partial charge >= 0.3 is 0 Å². The third-order valence-electron chi connectivity index (χ3n) is 6.00. The lowest BCUT2D eigenvalue weighted by Crippen LogP contribution is -2.37. The zero-order chi connectivity index (χ0) is 25.3. The Morgan fingerprint density at radius 3 is 1.97 bits per heavy atom. The van der Waals surface area contributed by atoms with Crippen LogP contribution in [0.1, 0.15) is 28.4 Å². The first-order chi connectivity index (χ1) is 17.3. The minimum Gasteiger partial charge on any atom is -0.324 e. The van der Waals surface area contributed by atoms with E-state index in [1.807, 2.05) is 66.4 Å². The van der Waals surface area contributed by atoms with Crippen LogP contribution in [0.3, 0.4) is 0 Å². The van der Waals surface area contributed by atoms with Gasteiger partial charge in [-0.15, -0.1) is 5.10 Å². The molecule has 1 unspecified atom stereocenters. The summed E-state index contributed by atoms with van der Waals surface area (Å²) >= 11 is 12.3. The number of benzene rings is 4. The van der Waals surface area contributed by atoms with Crippen LogP contribution in [0.5, 0.6) is 0 Å². The lowest BCUT2D eigenvalue weighted by Gasteiger charge is -2.32. The second-order valence-corrected chi connectivity index (χ2v) is 11.2. The smallest absolute Gasteiger partial charge is 0.281 e. The highest BCUT2D eigenvalue weighted by atomic mass is 35.5. The van der Waals surface area contributed by atoms with E-state index in [1.165, 1.54) is 4.41 Å². The van der Waals surface area contributed by atoms with Crippen LogP contribution in [0.25, 0.3) is 0 Å². The van der Waals surface area contributed by atoms with E-state index in [9.17, 15) is 8.42 Å². The Kier molecular flexibility index (Phi) is 6.75. The first-order valence-electron chi connectivity index (χ1n) is 11.3. The fourth-order valence-electron chi connectivity index (χ4n) is 4.15. The summed E-state index contributed by atoms with van der Waals surface area (Å²) in [5, 5.41) is 5.88. The number of nitrogens with zero attached hydrogens (tertiary/aromatic N) is 3. The number of halogens is 2. The van der Waals surface area contributed by atoms with Gasteiger partial charge in [0.2, 0.25) is 0 Å². The van der Waals surface area contributed by atoms with E-state index in [2.05, 4.69) is 0 Å². The first kappa shape index (κ1) is 24.4. The van der Waals surface area contributed by atoms with Crippen molar-refractivity contribution in [2.75, 3.05) is 0 Å². The van der Waals surface area contributed by atoms with Gasteiger partial charge in [-0.1, -0.05) is 83.4 Å². The molecule has 0 bridgehead atoms. The second kappa shape index (κ2) is 9.97. The summed E-state index contributed by atoms with van der Waals surface area (Å²) in [6.07, 6.45) is -0.723. The van der Waals surface area contributed by atoms with Crippen molar-refractivity contribution in [3.63, 3.8) is 0 Å². The van der Waals surface area contributed by atoms with Gasteiger partial charge in [0.25, 0.3) is 10.0 Å². The molecule has 0 N–H and O–H groups in total. The molecular weight excluding hydrogens is 513 g/mol. The largest absolute Gasteiger partial charge is 0.324 e. The van der Waals surface area contributed by atoms with Crippen molar-refractivity contribution >= 4 is 39.1 Å². The molecule has 0 aliphatic carbocycles. The van der Waals surface area contributed by atoms with Crippen molar-refractivity contribution in [3.8, 4) is 0 Å². The number of amidine groups is 1. The van der Waals surface area contributed by atoms with E-state index < -0.39 is 16.2 Å². The third kappa shape index (κ3) is 4.85. The molecule has 0 spiro atoms. The van der Waals surface area contributed by atoms with E-state index in [1.54, 1.807) is 48.5 Å². The van der Waals surface area contributed by atoms with E-state index in [0.717, 1.165) is 22.3 Å². The Balaban J connectivity index is 1.69. The van der Waals surface area contributed by atoms with Crippen LogP contribution in [-0.2, 0) is 16.6 Å². The molecule has 0 fully saturated rings. The molecule has 8 heteroatoms. The fraction of sp³-hybridized carbons (Fsp3) is 0.107. The summed E-state index contributed by atoms with van der Waals surface area (Å²) < 4.78 is 29.1. The van der Waals surface area contributed by atoms with Crippen molar-refractivity contribution in [2.45, 2.75) is 24.5 Å². The zero-order valence-corrected chi connectivity index (χ0v) is 21.8. The maximum absolute atomic E-state index is 14.0. The molecule has 1 heterocycles. The van der Waals surface area contributed by atoms with Gasteiger partial charge in [-0.3, -0.25) is 0 Å². The normalized spacial score (nSPS) is 15.8. The summed E-state index contributed by atoms with van der Waals surface area (Å²) in [7, 11) is -3.99. The molecule has 1 aliphatic heterocycles. The molecule has 0 aromatic heterocycles. The maximum Gasteiger partial charge on any atom is 0.281 e. The number of aryl methyl sites for hydroxylation is 1. The van der Waals surface area contributed by atoms with Crippen LogP contribution in [0, 0.1) is 6.92 Å². The molecule has 1 atom stereocenters. The highest BCUT2D eigenvalue weighted by Gasteiger charge is 2.43. The molecule has 0 saturated carbocycles. The molecule has 5 rings (SSSR count). The van der Waals surface area contributed by atoms with Gasteiger partial charge in [-0.25, -0.2) is 0 Å². The third-order valence-corrected chi connectivity index (χ3v) is 8.15. The standard InChI is InChI=1S/C28H23Cl2N3O2S/c1-20-7-17-26(18-8-20)36(34,35)33-28(23-11-15-25(30)16-12-23)32(19-21-5-3-2-4-6-21)27(31-33)22-9-13-24(29)14-10-22/h2-18,28H,19H2,1H3. The highest BCUT2D eigenvalue weighted by molar-refractivity contribution is 7.89. The first-order valence-corrected chi connectivity index (χ1v) is 13.5. The van der Waals surface area contributed by atoms with Crippen molar-refractivity contribution in [2.24, 2.45) is 5.10 Å². The van der Waals surface area contributed by atoms with Crippen LogP contribution in [0.2, 0.25) is 10.0 Å². The second-order valence-electron chi connectivity index (χ2n) is 8.56. The molecule has 0 amide bonds. The van der Waals surface area contributed by atoms with E-state index in [-0.39, 0.29) is 4.90 Å². The molecule has 5 nitrogen and oxygen atoms in total. The van der Waals surface area contributed by atoms with Crippen molar-refractivity contribution in [3.05, 3.63) is 135 Å². The Labute approximate surface area is 221 Å². The van der Waals surface area contributed by atoms with Crippen LogP contribution in [0.15, 0.2) is 113 Å². The lowest BCUT2D eigenvalue weighted by molar-refractivity contribution is 0.208. The number of sulfonamides is 1. The molecule has 4 aromatic rings. The van der Waals surface area contributed by atoms with Gasteiger partial charge in [-0.05, 0) is 66.6 Å². The average Bonchev–Trinajstić information content (AvgIpc) is 3.26. The molecule has 1 aliphatic rings. The summed E-state index contributed by atoms with van der Waals surface area (Å²) in [5.41, 5.74) is 3.50. The average molecular weight is 536 g/mol. The number of hydrogen-bond donors (Lipinski definition) is 0. The van der Waals surface area contributed by atoms with Crippen LogP contribution in [-0.4, -0.2) is 23.6 Å². The summed E-state index contributed by atoms with van der Waals surface area (Å²) in [5.74, 6) is 0.533. The van der Waals surface area contributed by atoms with Crippen LogP contribution < -0.4 is 0 Å². The van der Waals surface area contributed by atoms with Gasteiger partial charge in [0.05, 0.1) is 4.90 Å². The quantitative estimate of drug-likeness (QED) is 0.270. The van der Waals surface area contributed by atoms with Gasteiger partial charge in [0.1, 0.15) is 0 Å². The summed E-state index contributed by atoms with van der Waals surface area (Å²) in [6.45, 7) is 2.36. The minimum atomic E-state index is -3.99. The predicted octanol–water partition coefficient (Wildman–Crippen LogP) is 6.87. The Hall–Kier alpha value is -3.32. The monoisotopic (exact) mass is 535 g/mol. The number of hydrogen-bond acceptors (Lipinski definition) is 4. The Morgan fingerprint density at radius 2 is 1.36 bits per heavy atom. The summed E-state index contributed by atoms with van der Waals surface area (Å²) in [6, 6.07) is 31.1. The maximum atomic E-state index is 14.0. The van der Waals surface area contributed by atoms with Gasteiger partial charge in [0.15, 0.2) is 12.0 Å². The fourth-order valence-corrected chi connectivity index (χ4v) is 5.78. The molecule has 182 valence electrons. The molecule has 4 aromatic carbocycles. The summed E-state index contributed by atoms with van der Waals surface area (Å²) in [4.78, 5) is 2.17. The number of rotatable bonds is 6. The van der Waals surface area contributed by atoms with Gasteiger partial charge in [-0.2, -0.15) is 12.8 Å². The minimum absolute atomic E-state index is 0.174. The van der Waals surface area contributed by atoms with Crippen LogP contribution >= 0.6 is 23.2 Å². The van der Waals surface area contributed by atoms with E-state index in [0.29, 0.717) is 22.4 Å². The van der Waals surface area contributed by atoms with Crippen LogP contribution in [0.4, 0.5) is 0 Å². The Bertz CT molecular complexity index is 1490. The molecule has 0 saturated heterocycles.